The standard InChI is InChI=1S/C11H18N4O2/c1-8-10(12-5-6-17-8)11(16)13-7-9-3-4-14-15(9)2/h3-4,8,10,12H,5-7H2,1-2H3,(H,13,16)/t8-,10+/m1/s1. The van der Waals surface area contributed by atoms with Crippen molar-refractivity contribution in [1.82, 2.24) is 20.4 Å². The van der Waals surface area contributed by atoms with Gasteiger partial charge in [-0.15, -0.1) is 0 Å². The van der Waals surface area contributed by atoms with Crippen LogP contribution in [0.15, 0.2) is 12.3 Å². The molecule has 1 aliphatic heterocycles. The molecule has 1 fully saturated rings. The van der Waals surface area contributed by atoms with Crippen molar-refractivity contribution in [2.45, 2.75) is 25.6 Å². The summed E-state index contributed by atoms with van der Waals surface area (Å²) in [6.45, 7) is 3.77. The zero-order valence-electron chi connectivity index (χ0n) is 10.1. The van der Waals surface area contributed by atoms with Gasteiger partial charge in [0.05, 0.1) is 24.9 Å². The van der Waals surface area contributed by atoms with Crippen LogP contribution < -0.4 is 10.6 Å². The van der Waals surface area contributed by atoms with Crippen molar-refractivity contribution in [3.05, 3.63) is 18.0 Å². The number of ether oxygens (including phenoxy) is 1. The monoisotopic (exact) mass is 238 g/mol. The molecular weight excluding hydrogens is 220 g/mol. The van der Waals surface area contributed by atoms with Gasteiger partial charge in [-0.1, -0.05) is 0 Å². The first kappa shape index (κ1) is 12.1. The molecule has 2 atom stereocenters. The van der Waals surface area contributed by atoms with Crippen LogP contribution in [0.5, 0.6) is 0 Å². The Balaban J connectivity index is 1.86. The average molecular weight is 238 g/mol. The summed E-state index contributed by atoms with van der Waals surface area (Å²) >= 11 is 0. The van der Waals surface area contributed by atoms with Crippen molar-refractivity contribution in [2.24, 2.45) is 7.05 Å². The number of hydrogen-bond donors (Lipinski definition) is 2. The van der Waals surface area contributed by atoms with Crippen LogP contribution in [0.2, 0.25) is 0 Å². The van der Waals surface area contributed by atoms with Crippen molar-refractivity contribution >= 4 is 5.91 Å². The van der Waals surface area contributed by atoms with E-state index in [-0.39, 0.29) is 18.1 Å². The minimum absolute atomic E-state index is 0.0293. The Morgan fingerprint density at radius 2 is 2.59 bits per heavy atom. The number of rotatable bonds is 3. The van der Waals surface area contributed by atoms with Crippen molar-refractivity contribution in [3.63, 3.8) is 0 Å². The Bertz CT molecular complexity index is 391. The number of aromatic nitrogens is 2. The van der Waals surface area contributed by atoms with Gasteiger partial charge in [-0.3, -0.25) is 9.48 Å². The van der Waals surface area contributed by atoms with Crippen molar-refractivity contribution in [1.29, 1.82) is 0 Å². The number of carbonyl (C=O) groups excluding carboxylic acids is 1. The van der Waals surface area contributed by atoms with Gasteiger partial charge in [0.25, 0.3) is 0 Å². The maximum absolute atomic E-state index is 11.9. The molecule has 6 nitrogen and oxygen atoms in total. The molecule has 1 aromatic rings. The van der Waals surface area contributed by atoms with Gasteiger partial charge < -0.3 is 15.4 Å². The highest BCUT2D eigenvalue weighted by molar-refractivity contribution is 5.82. The minimum atomic E-state index is -0.267. The number of aryl methyl sites for hydroxylation is 1. The van der Waals surface area contributed by atoms with Crippen LogP contribution in [0.1, 0.15) is 12.6 Å². The van der Waals surface area contributed by atoms with Crippen LogP contribution in [0.3, 0.4) is 0 Å². The van der Waals surface area contributed by atoms with Gasteiger partial charge in [0.2, 0.25) is 5.91 Å². The van der Waals surface area contributed by atoms with Crippen LogP contribution in [0.25, 0.3) is 0 Å². The van der Waals surface area contributed by atoms with Gasteiger partial charge in [0.15, 0.2) is 0 Å². The van der Waals surface area contributed by atoms with E-state index < -0.39 is 0 Å². The van der Waals surface area contributed by atoms with E-state index in [2.05, 4.69) is 15.7 Å². The Morgan fingerprint density at radius 3 is 3.24 bits per heavy atom. The first-order valence-corrected chi connectivity index (χ1v) is 5.78. The maximum atomic E-state index is 11.9. The zero-order chi connectivity index (χ0) is 12.3. The van der Waals surface area contributed by atoms with E-state index in [1.165, 1.54) is 0 Å². The lowest BCUT2D eigenvalue weighted by atomic mass is 10.1. The van der Waals surface area contributed by atoms with E-state index >= 15 is 0 Å². The Labute approximate surface area is 100 Å². The Kier molecular flexibility index (Phi) is 3.75. The predicted octanol–water partition coefficient (Wildman–Crippen LogP) is -0.587. The third-order valence-electron chi connectivity index (χ3n) is 2.97. The average Bonchev–Trinajstić information content (AvgIpc) is 2.72. The molecule has 2 N–H and O–H groups in total. The predicted molar refractivity (Wildman–Crippen MR) is 62.3 cm³/mol. The summed E-state index contributed by atoms with van der Waals surface area (Å²) in [5, 5.41) is 10.1. The third-order valence-corrected chi connectivity index (χ3v) is 2.97. The lowest BCUT2D eigenvalue weighted by Gasteiger charge is -2.29. The van der Waals surface area contributed by atoms with E-state index in [4.69, 9.17) is 4.74 Å². The summed E-state index contributed by atoms with van der Waals surface area (Å²) in [5.74, 6) is -0.0293. The molecule has 0 bridgehead atoms. The lowest BCUT2D eigenvalue weighted by molar-refractivity contribution is -0.129. The fraction of sp³-hybridized carbons (Fsp3) is 0.636. The second-order valence-electron chi connectivity index (χ2n) is 4.17. The molecule has 6 heteroatoms. The van der Waals surface area contributed by atoms with Crippen LogP contribution in [0.4, 0.5) is 0 Å². The molecule has 17 heavy (non-hydrogen) atoms. The number of nitrogens with zero attached hydrogens (tertiary/aromatic N) is 2. The smallest absolute Gasteiger partial charge is 0.240 e. The number of carbonyl (C=O) groups is 1. The molecule has 2 heterocycles. The summed E-state index contributed by atoms with van der Waals surface area (Å²) < 4.78 is 7.18. The SMILES string of the molecule is C[C@H]1OCCN[C@@H]1C(=O)NCc1ccnn1C. The van der Waals surface area contributed by atoms with Crippen LogP contribution >= 0.6 is 0 Å². The first-order chi connectivity index (χ1) is 8.18. The first-order valence-electron chi connectivity index (χ1n) is 5.78. The van der Waals surface area contributed by atoms with Crippen LogP contribution in [-0.4, -0.2) is 41.0 Å². The second-order valence-corrected chi connectivity index (χ2v) is 4.17. The van der Waals surface area contributed by atoms with E-state index in [0.717, 1.165) is 5.69 Å². The van der Waals surface area contributed by atoms with Gasteiger partial charge in [-0.25, -0.2) is 0 Å². The Hall–Kier alpha value is -1.40. The van der Waals surface area contributed by atoms with E-state index in [1.807, 2.05) is 20.0 Å². The topological polar surface area (TPSA) is 68.2 Å². The summed E-state index contributed by atoms with van der Waals surface area (Å²) in [4.78, 5) is 11.9. The van der Waals surface area contributed by atoms with Crippen molar-refractivity contribution < 1.29 is 9.53 Å². The molecule has 0 saturated carbocycles. The van der Waals surface area contributed by atoms with E-state index in [9.17, 15) is 4.79 Å². The van der Waals surface area contributed by atoms with Gasteiger partial charge in [0.1, 0.15) is 6.04 Å². The molecule has 1 aliphatic rings. The molecule has 0 radical (unpaired) electrons. The molecule has 0 aliphatic carbocycles. The molecule has 0 aromatic carbocycles. The maximum Gasteiger partial charge on any atom is 0.240 e. The van der Waals surface area contributed by atoms with Crippen LogP contribution in [0, 0.1) is 0 Å². The fourth-order valence-corrected chi connectivity index (χ4v) is 1.89. The van der Waals surface area contributed by atoms with Gasteiger partial charge in [-0.2, -0.15) is 5.10 Å². The number of hydrogen-bond acceptors (Lipinski definition) is 4. The molecule has 0 spiro atoms. The highest BCUT2D eigenvalue weighted by atomic mass is 16.5. The van der Waals surface area contributed by atoms with Gasteiger partial charge in [-0.05, 0) is 13.0 Å². The third kappa shape index (κ3) is 2.83. The van der Waals surface area contributed by atoms with Gasteiger partial charge >= 0.3 is 0 Å². The van der Waals surface area contributed by atoms with E-state index in [0.29, 0.717) is 19.7 Å². The normalized spacial score (nSPS) is 24.6. The highest BCUT2D eigenvalue weighted by Crippen LogP contribution is 2.04. The second kappa shape index (κ2) is 5.29. The molecule has 94 valence electrons. The van der Waals surface area contributed by atoms with Crippen LogP contribution in [-0.2, 0) is 23.1 Å². The summed E-state index contributed by atoms with van der Waals surface area (Å²) in [7, 11) is 1.85. The van der Waals surface area contributed by atoms with Crippen molar-refractivity contribution in [2.75, 3.05) is 13.2 Å². The number of morpholine rings is 1. The minimum Gasteiger partial charge on any atom is -0.375 e. The molecule has 1 amide bonds. The molecule has 1 saturated heterocycles. The quantitative estimate of drug-likeness (QED) is 0.739. The summed E-state index contributed by atoms with van der Waals surface area (Å²) in [6, 6.07) is 1.62. The number of amides is 1. The largest absolute Gasteiger partial charge is 0.375 e. The highest BCUT2D eigenvalue weighted by Gasteiger charge is 2.27. The molecule has 2 rings (SSSR count). The molecular formula is C11H18N4O2. The van der Waals surface area contributed by atoms with Crippen molar-refractivity contribution in [3.8, 4) is 0 Å². The Morgan fingerprint density at radius 1 is 1.76 bits per heavy atom. The van der Waals surface area contributed by atoms with E-state index in [1.54, 1.807) is 10.9 Å². The fourth-order valence-electron chi connectivity index (χ4n) is 1.89. The van der Waals surface area contributed by atoms with Gasteiger partial charge in [0, 0.05) is 19.8 Å². The summed E-state index contributed by atoms with van der Waals surface area (Å²) in [6.07, 6.45) is 1.63. The summed E-state index contributed by atoms with van der Waals surface area (Å²) in [5.41, 5.74) is 0.975. The lowest BCUT2D eigenvalue weighted by Crippen LogP contribution is -2.55. The molecule has 0 unspecified atom stereocenters. The molecule has 1 aromatic heterocycles. The number of nitrogens with one attached hydrogen (secondary N) is 2. The zero-order valence-corrected chi connectivity index (χ0v) is 10.1.